The molecule has 1 aliphatic rings. The molecule has 0 saturated carbocycles. The van der Waals surface area contributed by atoms with E-state index in [1.807, 2.05) is 0 Å². The summed E-state index contributed by atoms with van der Waals surface area (Å²) < 4.78 is 45.8. The standard InChI is InChI=1S/C18H17F3N4O2S/c1-10-14(16(26)27-3)15(11-8-22-24(2)9-11)23-17(28)25(10)13-6-4-5-12(7-13)18(19,20)21/h4-9,15H,1-3H3,(H,23,28). The molecular weight excluding hydrogens is 393 g/mol. The van der Waals surface area contributed by atoms with Crippen molar-refractivity contribution in [3.05, 3.63) is 59.1 Å². The van der Waals surface area contributed by atoms with Crippen molar-refractivity contribution in [1.29, 1.82) is 0 Å². The van der Waals surface area contributed by atoms with Crippen LogP contribution in [0.1, 0.15) is 24.1 Å². The van der Waals surface area contributed by atoms with Gasteiger partial charge in [-0.25, -0.2) is 4.79 Å². The van der Waals surface area contributed by atoms with Crippen molar-refractivity contribution < 1.29 is 22.7 Å². The second-order valence-electron chi connectivity index (χ2n) is 6.20. The normalized spacial score (nSPS) is 17.6. The summed E-state index contributed by atoms with van der Waals surface area (Å²) in [5.74, 6) is -0.613. The lowest BCUT2D eigenvalue weighted by Gasteiger charge is -2.37. The quantitative estimate of drug-likeness (QED) is 0.619. The van der Waals surface area contributed by atoms with Gasteiger partial charge in [0.1, 0.15) is 0 Å². The SMILES string of the molecule is COC(=O)C1=C(C)N(c2cccc(C(F)(F)F)c2)C(=S)NC1c1cnn(C)c1. The first-order chi connectivity index (χ1) is 13.1. The number of rotatable bonds is 3. The molecule has 1 atom stereocenters. The Bertz CT molecular complexity index is 968. The molecule has 0 aliphatic carbocycles. The molecule has 6 nitrogen and oxygen atoms in total. The van der Waals surface area contributed by atoms with Gasteiger partial charge in [0.05, 0.1) is 30.5 Å². The van der Waals surface area contributed by atoms with Gasteiger partial charge in [-0.2, -0.15) is 18.3 Å². The van der Waals surface area contributed by atoms with Crippen molar-refractivity contribution in [3.8, 4) is 0 Å². The highest BCUT2D eigenvalue weighted by atomic mass is 32.1. The Morgan fingerprint density at radius 1 is 1.36 bits per heavy atom. The number of nitrogens with zero attached hydrogens (tertiary/aromatic N) is 3. The number of esters is 1. The molecule has 0 amide bonds. The molecule has 0 spiro atoms. The Morgan fingerprint density at radius 3 is 2.64 bits per heavy atom. The Labute approximate surface area is 164 Å². The molecule has 0 radical (unpaired) electrons. The number of carbonyl (C=O) groups excluding carboxylic acids is 1. The smallest absolute Gasteiger partial charge is 0.416 e. The van der Waals surface area contributed by atoms with Gasteiger partial charge in [0.15, 0.2) is 5.11 Å². The minimum absolute atomic E-state index is 0.165. The highest BCUT2D eigenvalue weighted by Gasteiger charge is 2.37. The van der Waals surface area contributed by atoms with Crippen molar-refractivity contribution >= 4 is 29.0 Å². The Morgan fingerprint density at radius 2 is 2.07 bits per heavy atom. The van der Waals surface area contributed by atoms with Crippen molar-refractivity contribution in [2.24, 2.45) is 7.05 Å². The number of carbonyl (C=O) groups is 1. The Kier molecular flexibility index (Phi) is 5.16. The van der Waals surface area contributed by atoms with Crippen LogP contribution < -0.4 is 10.2 Å². The molecular formula is C18H17F3N4O2S. The minimum atomic E-state index is -4.50. The summed E-state index contributed by atoms with van der Waals surface area (Å²) in [4.78, 5) is 13.9. The fraction of sp³-hybridized carbons (Fsp3) is 0.278. The van der Waals surface area contributed by atoms with E-state index in [-0.39, 0.29) is 16.4 Å². The number of ether oxygens (including phenoxy) is 1. The van der Waals surface area contributed by atoms with E-state index in [2.05, 4.69) is 10.4 Å². The lowest BCUT2D eigenvalue weighted by atomic mass is 9.97. The number of thiocarbonyl (C=S) groups is 1. The van der Waals surface area contributed by atoms with Crippen LogP contribution in [0.4, 0.5) is 18.9 Å². The minimum Gasteiger partial charge on any atom is -0.466 e. The van der Waals surface area contributed by atoms with Crippen LogP contribution in [0.25, 0.3) is 0 Å². The van der Waals surface area contributed by atoms with E-state index < -0.39 is 23.8 Å². The van der Waals surface area contributed by atoms with E-state index in [9.17, 15) is 18.0 Å². The van der Waals surface area contributed by atoms with E-state index in [1.54, 1.807) is 31.0 Å². The third-order valence-corrected chi connectivity index (χ3v) is 4.68. The topological polar surface area (TPSA) is 59.4 Å². The molecule has 10 heteroatoms. The summed E-state index contributed by atoms with van der Waals surface area (Å²) >= 11 is 5.40. The highest BCUT2D eigenvalue weighted by Crippen LogP contribution is 2.36. The molecule has 148 valence electrons. The van der Waals surface area contributed by atoms with Crippen LogP contribution in [0.5, 0.6) is 0 Å². The number of methoxy groups -OCH3 is 1. The number of hydrogen-bond acceptors (Lipinski definition) is 4. The molecule has 3 rings (SSSR count). The van der Waals surface area contributed by atoms with Crippen LogP contribution in [-0.4, -0.2) is 28.0 Å². The van der Waals surface area contributed by atoms with E-state index in [0.717, 1.165) is 12.1 Å². The molecule has 2 aromatic rings. The first kappa shape index (κ1) is 19.9. The second-order valence-corrected chi connectivity index (χ2v) is 6.59. The maximum atomic E-state index is 13.1. The van der Waals surface area contributed by atoms with Gasteiger partial charge in [-0.15, -0.1) is 0 Å². The summed E-state index contributed by atoms with van der Waals surface area (Å²) in [6, 6.07) is 4.11. The van der Waals surface area contributed by atoms with Gasteiger partial charge in [-0.05, 0) is 37.3 Å². The average molecular weight is 410 g/mol. The van der Waals surface area contributed by atoms with Crippen LogP contribution in [0.15, 0.2) is 47.9 Å². The third-order valence-electron chi connectivity index (χ3n) is 4.38. The van der Waals surface area contributed by atoms with Gasteiger partial charge in [-0.1, -0.05) is 6.07 Å². The predicted octanol–water partition coefficient (Wildman–Crippen LogP) is 3.32. The van der Waals surface area contributed by atoms with Crippen LogP contribution >= 0.6 is 12.2 Å². The van der Waals surface area contributed by atoms with Crippen molar-refractivity contribution in [2.45, 2.75) is 19.1 Å². The molecule has 1 aromatic carbocycles. The molecule has 0 bridgehead atoms. The number of alkyl halides is 3. The zero-order valence-corrected chi connectivity index (χ0v) is 16.1. The van der Waals surface area contributed by atoms with E-state index in [0.29, 0.717) is 11.3 Å². The first-order valence-electron chi connectivity index (χ1n) is 8.19. The van der Waals surface area contributed by atoms with E-state index >= 15 is 0 Å². The number of anilines is 1. The van der Waals surface area contributed by atoms with Crippen LogP contribution in [0.2, 0.25) is 0 Å². The van der Waals surface area contributed by atoms with E-state index in [1.165, 1.54) is 24.1 Å². The Hall–Kier alpha value is -2.88. The monoisotopic (exact) mass is 410 g/mol. The van der Waals surface area contributed by atoms with Crippen LogP contribution in [0, 0.1) is 0 Å². The van der Waals surface area contributed by atoms with Crippen LogP contribution in [-0.2, 0) is 22.8 Å². The maximum absolute atomic E-state index is 13.1. The fourth-order valence-corrected chi connectivity index (χ4v) is 3.45. The fourth-order valence-electron chi connectivity index (χ4n) is 3.09. The van der Waals surface area contributed by atoms with Gasteiger partial charge in [0, 0.05) is 30.2 Å². The number of hydrogen-bond donors (Lipinski definition) is 1. The second kappa shape index (κ2) is 7.27. The largest absolute Gasteiger partial charge is 0.466 e. The number of benzene rings is 1. The molecule has 1 aliphatic heterocycles. The van der Waals surface area contributed by atoms with E-state index in [4.69, 9.17) is 17.0 Å². The molecule has 2 heterocycles. The number of nitrogens with one attached hydrogen (secondary N) is 1. The first-order valence-corrected chi connectivity index (χ1v) is 8.59. The lowest BCUT2D eigenvalue weighted by molar-refractivity contribution is -0.138. The third kappa shape index (κ3) is 3.59. The van der Waals surface area contributed by atoms with Crippen molar-refractivity contribution in [1.82, 2.24) is 15.1 Å². The summed E-state index contributed by atoms with van der Waals surface area (Å²) in [6.07, 6.45) is -1.20. The number of halogens is 3. The number of allylic oxidation sites excluding steroid dienone is 1. The molecule has 0 fully saturated rings. The predicted molar refractivity (Wildman–Crippen MR) is 100 cm³/mol. The molecule has 1 N–H and O–H groups in total. The zero-order valence-electron chi connectivity index (χ0n) is 15.2. The number of aromatic nitrogens is 2. The van der Waals surface area contributed by atoms with Crippen molar-refractivity contribution in [2.75, 3.05) is 12.0 Å². The van der Waals surface area contributed by atoms with Gasteiger partial charge in [0.2, 0.25) is 0 Å². The van der Waals surface area contributed by atoms with Gasteiger partial charge < -0.3 is 10.1 Å². The average Bonchev–Trinajstić information content (AvgIpc) is 3.06. The molecule has 0 saturated heterocycles. The number of aryl methyl sites for hydroxylation is 1. The van der Waals surface area contributed by atoms with Gasteiger partial charge in [-0.3, -0.25) is 9.58 Å². The summed E-state index contributed by atoms with van der Waals surface area (Å²) in [7, 11) is 2.97. The van der Waals surface area contributed by atoms with Crippen molar-refractivity contribution in [3.63, 3.8) is 0 Å². The lowest BCUT2D eigenvalue weighted by Crippen LogP contribution is -2.48. The maximum Gasteiger partial charge on any atom is 0.416 e. The Balaban J connectivity index is 2.13. The van der Waals surface area contributed by atoms with Gasteiger partial charge in [0.25, 0.3) is 0 Å². The highest BCUT2D eigenvalue weighted by molar-refractivity contribution is 7.80. The molecule has 1 unspecified atom stereocenters. The summed E-state index contributed by atoms with van der Waals surface area (Å²) in [5.41, 5.74) is 0.670. The summed E-state index contributed by atoms with van der Waals surface area (Å²) in [6.45, 7) is 1.61. The summed E-state index contributed by atoms with van der Waals surface area (Å²) in [5, 5.41) is 7.28. The van der Waals surface area contributed by atoms with Gasteiger partial charge >= 0.3 is 12.1 Å². The molecule has 28 heavy (non-hydrogen) atoms. The van der Waals surface area contributed by atoms with Crippen LogP contribution in [0.3, 0.4) is 0 Å². The zero-order chi connectivity index (χ0) is 20.6. The molecule has 1 aromatic heterocycles.